The molecule has 0 N–H and O–H groups in total. The topological polar surface area (TPSA) is 37.4 Å². The van der Waals surface area contributed by atoms with Crippen LogP contribution < -0.4 is 0 Å². The maximum atomic E-state index is 11.5. The van der Waals surface area contributed by atoms with Crippen LogP contribution >= 0.6 is 0 Å². The second-order valence-corrected chi connectivity index (χ2v) is 4.67. The van der Waals surface area contributed by atoms with Crippen molar-refractivity contribution in [2.75, 3.05) is 19.3 Å². The van der Waals surface area contributed by atoms with Crippen molar-refractivity contribution in [1.82, 2.24) is 4.90 Å². The molecule has 1 amide bonds. The summed E-state index contributed by atoms with van der Waals surface area (Å²) in [5.41, 5.74) is 0. The molecule has 14 heavy (non-hydrogen) atoms. The van der Waals surface area contributed by atoms with Crippen molar-refractivity contribution in [3.05, 3.63) is 0 Å². The highest BCUT2D eigenvalue weighted by Crippen LogP contribution is 2.02. The van der Waals surface area contributed by atoms with E-state index < -0.39 is 10.8 Å². The van der Waals surface area contributed by atoms with Crippen LogP contribution in [-0.4, -0.2) is 33.7 Å². The monoisotopic (exact) mass is 219 g/mol. The maximum absolute atomic E-state index is 11.5. The molecule has 0 aromatic rings. The molecule has 84 valence electrons. The minimum absolute atomic E-state index is 0.216. The molecule has 0 bridgehead atoms. The van der Waals surface area contributed by atoms with Gasteiger partial charge >= 0.3 is 5.24 Å². The van der Waals surface area contributed by atoms with Gasteiger partial charge in [-0.3, -0.25) is 4.79 Å². The molecule has 0 radical (unpaired) electrons. The van der Waals surface area contributed by atoms with E-state index in [2.05, 4.69) is 13.8 Å². The van der Waals surface area contributed by atoms with E-state index in [1.807, 2.05) is 0 Å². The van der Waals surface area contributed by atoms with E-state index in [0.29, 0.717) is 0 Å². The van der Waals surface area contributed by atoms with Crippen molar-refractivity contribution in [1.29, 1.82) is 0 Å². The predicted octanol–water partition coefficient (Wildman–Crippen LogP) is 2.39. The lowest BCUT2D eigenvalue weighted by Crippen LogP contribution is -2.34. The van der Waals surface area contributed by atoms with Gasteiger partial charge in [-0.25, -0.2) is 4.21 Å². The molecule has 0 aromatic carbocycles. The van der Waals surface area contributed by atoms with Crippen LogP contribution in [0.3, 0.4) is 0 Å². The van der Waals surface area contributed by atoms with Crippen molar-refractivity contribution in [2.24, 2.45) is 0 Å². The summed E-state index contributed by atoms with van der Waals surface area (Å²) in [6.07, 6.45) is 5.56. The largest absolute Gasteiger partial charge is 0.332 e. The number of carbonyl (C=O) groups excluding carboxylic acids is 1. The average Bonchev–Trinajstić information content (AvgIpc) is 2.17. The van der Waals surface area contributed by atoms with Crippen LogP contribution in [0.4, 0.5) is 4.79 Å². The molecule has 4 heteroatoms. The summed E-state index contributed by atoms with van der Waals surface area (Å²) in [5, 5.41) is -0.216. The third kappa shape index (κ3) is 5.37. The van der Waals surface area contributed by atoms with Gasteiger partial charge < -0.3 is 4.90 Å². The Hall–Kier alpha value is -0.380. The Morgan fingerprint density at radius 1 is 1.14 bits per heavy atom. The smallest absolute Gasteiger partial charge is 0.311 e. The molecule has 0 heterocycles. The zero-order chi connectivity index (χ0) is 11.0. The zero-order valence-corrected chi connectivity index (χ0v) is 10.2. The van der Waals surface area contributed by atoms with Gasteiger partial charge in [0, 0.05) is 19.3 Å². The minimum Gasteiger partial charge on any atom is -0.332 e. The van der Waals surface area contributed by atoms with Gasteiger partial charge in [0.2, 0.25) is 0 Å². The van der Waals surface area contributed by atoms with Gasteiger partial charge in [-0.2, -0.15) is 0 Å². The molecule has 0 fully saturated rings. The Balaban J connectivity index is 4.08. The third-order valence-electron chi connectivity index (χ3n) is 2.07. The fraction of sp³-hybridized carbons (Fsp3) is 0.900. The molecule has 0 aliphatic heterocycles. The molecule has 0 spiro atoms. The SMILES string of the molecule is CCCCN(CCCC)C(=O)S(C)=O. The number of unbranched alkanes of at least 4 members (excludes halogenated alkanes) is 2. The van der Waals surface area contributed by atoms with E-state index in [-0.39, 0.29) is 5.24 Å². The lowest BCUT2D eigenvalue weighted by molar-refractivity contribution is 0.220. The number of nitrogens with zero attached hydrogens (tertiary/aromatic N) is 1. The third-order valence-corrected chi connectivity index (χ3v) is 2.82. The summed E-state index contributed by atoms with van der Waals surface area (Å²) < 4.78 is 11.0. The van der Waals surface area contributed by atoms with Crippen LogP contribution in [0.1, 0.15) is 39.5 Å². The van der Waals surface area contributed by atoms with Crippen molar-refractivity contribution in [3.8, 4) is 0 Å². The zero-order valence-electron chi connectivity index (χ0n) is 9.41. The molecule has 0 aliphatic carbocycles. The molecule has 0 aromatic heterocycles. The highest BCUT2D eigenvalue weighted by Gasteiger charge is 2.15. The highest BCUT2D eigenvalue weighted by molar-refractivity contribution is 7.99. The fourth-order valence-corrected chi connectivity index (χ4v) is 1.72. The lowest BCUT2D eigenvalue weighted by atomic mass is 10.3. The Morgan fingerprint density at radius 3 is 1.86 bits per heavy atom. The van der Waals surface area contributed by atoms with Crippen LogP contribution in [0.15, 0.2) is 0 Å². The second kappa shape index (κ2) is 7.97. The van der Waals surface area contributed by atoms with Gasteiger partial charge in [-0.15, -0.1) is 0 Å². The molecule has 1 unspecified atom stereocenters. The molecule has 1 atom stereocenters. The Bertz CT molecular complexity index is 187. The Kier molecular flexibility index (Phi) is 7.76. The molecule has 0 aliphatic rings. The lowest BCUT2D eigenvalue weighted by Gasteiger charge is -2.20. The van der Waals surface area contributed by atoms with E-state index in [9.17, 15) is 9.00 Å². The standard InChI is InChI=1S/C10H21NO2S/c1-4-6-8-11(9-7-5-2)10(12)14(3)13/h4-9H2,1-3H3. The quantitative estimate of drug-likeness (QED) is 0.688. The number of hydrogen-bond donors (Lipinski definition) is 0. The number of rotatable bonds is 6. The number of carbonyl (C=O) groups is 1. The van der Waals surface area contributed by atoms with Gasteiger partial charge in [0.1, 0.15) is 10.8 Å². The van der Waals surface area contributed by atoms with E-state index >= 15 is 0 Å². The van der Waals surface area contributed by atoms with Crippen molar-refractivity contribution >= 4 is 16.0 Å². The molecular weight excluding hydrogens is 198 g/mol. The predicted molar refractivity (Wildman–Crippen MR) is 60.9 cm³/mol. The van der Waals surface area contributed by atoms with E-state index in [0.717, 1.165) is 38.8 Å². The summed E-state index contributed by atoms with van der Waals surface area (Å²) in [7, 11) is -1.36. The average molecular weight is 219 g/mol. The first-order valence-electron chi connectivity index (χ1n) is 5.25. The molecule has 0 saturated heterocycles. The van der Waals surface area contributed by atoms with Crippen LogP contribution in [-0.2, 0) is 10.8 Å². The van der Waals surface area contributed by atoms with Gasteiger partial charge in [-0.1, -0.05) is 26.7 Å². The second-order valence-electron chi connectivity index (χ2n) is 3.41. The maximum Gasteiger partial charge on any atom is 0.311 e. The minimum atomic E-state index is -1.36. The summed E-state index contributed by atoms with van der Waals surface area (Å²) >= 11 is 0. The van der Waals surface area contributed by atoms with Crippen molar-refractivity contribution < 1.29 is 9.00 Å². The van der Waals surface area contributed by atoms with Gasteiger partial charge in [0.05, 0.1) is 0 Å². The highest BCUT2D eigenvalue weighted by atomic mass is 32.2. The van der Waals surface area contributed by atoms with Crippen LogP contribution in [0.25, 0.3) is 0 Å². The fourth-order valence-electron chi connectivity index (χ4n) is 1.17. The normalized spacial score (nSPS) is 12.5. The van der Waals surface area contributed by atoms with E-state index in [4.69, 9.17) is 0 Å². The van der Waals surface area contributed by atoms with E-state index in [1.54, 1.807) is 4.90 Å². The van der Waals surface area contributed by atoms with Crippen molar-refractivity contribution in [2.45, 2.75) is 39.5 Å². The van der Waals surface area contributed by atoms with Gasteiger partial charge in [0.15, 0.2) is 0 Å². The van der Waals surface area contributed by atoms with Crippen molar-refractivity contribution in [3.63, 3.8) is 0 Å². The first kappa shape index (κ1) is 13.6. The molecule has 0 rings (SSSR count). The van der Waals surface area contributed by atoms with Crippen LogP contribution in [0.2, 0.25) is 0 Å². The summed E-state index contributed by atoms with van der Waals surface area (Å²) in [4.78, 5) is 13.2. The van der Waals surface area contributed by atoms with Gasteiger partial charge in [0.25, 0.3) is 0 Å². The first-order chi connectivity index (χ1) is 6.63. The molecular formula is C10H21NO2S. The Labute approximate surface area is 89.3 Å². The molecule has 0 saturated carbocycles. The first-order valence-corrected chi connectivity index (χ1v) is 6.81. The summed E-state index contributed by atoms with van der Waals surface area (Å²) in [6, 6.07) is 0. The Morgan fingerprint density at radius 2 is 1.57 bits per heavy atom. The summed E-state index contributed by atoms with van der Waals surface area (Å²) in [6.45, 7) is 5.67. The number of amides is 1. The van der Waals surface area contributed by atoms with Crippen LogP contribution in [0.5, 0.6) is 0 Å². The van der Waals surface area contributed by atoms with Gasteiger partial charge in [-0.05, 0) is 12.8 Å². The number of hydrogen-bond acceptors (Lipinski definition) is 2. The van der Waals surface area contributed by atoms with E-state index in [1.165, 1.54) is 6.26 Å². The summed E-state index contributed by atoms with van der Waals surface area (Å²) in [5.74, 6) is 0. The molecule has 3 nitrogen and oxygen atoms in total. The van der Waals surface area contributed by atoms with Crippen LogP contribution in [0, 0.1) is 0 Å².